The monoisotopic (exact) mass is 401 g/mol. The lowest BCUT2D eigenvalue weighted by Gasteiger charge is -2.32. The van der Waals surface area contributed by atoms with Crippen LogP contribution in [0.25, 0.3) is 0 Å². The van der Waals surface area contributed by atoms with Crippen LogP contribution in [0.3, 0.4) is 0 Å². The van der Waals surface area contributed by atoms with Gasteiger partial charge in [-0.2, -0.15) is 22.7 Å². The molecular weight excluding hydrogens is 386 g/mol. The lowest BCUT2D eigenvalue weighted by Crippen LogP contribution is -2.42. The van der Waals surface area contributed by atoms with Crippen molar-refractivity contribution in [2.45, 2.75) is 31.0 Å². The third-order valence-electron chi connectivity index (χ3n) is 3.86. The van der Waals surface area contributed by atoms with Gasteiger partial charge in [0.2, 0.25) is 10.0 Å². The molecule has 0 amide bonds. The first-order valence-corrected chi connectivity index (χ1v) is 9.16. The Labute approximate surface area is 153 Å². The second-order valence-corrected chi connectivity index (χ2v) is 7.57. The van der Waals surface area contributed by atoms with Crippen LogP contribution in [0.15, 0.2) is 41.6 Å². The number of aryl methyl sites for hydroxylation is 1. The Kier molecular flexibility index (Phi) is 5.87. The van der Waals surface area contributed by atoms with Crippen molar-refractivity contribution in [3.8, 4) is 6.07 Å². The number of hydrogen-bond acceptors (Lipinski definition) is 4. The van der Waals surface area contributed by atoms with Crippen LogP contribution in [0, 0.1) is 24.1 Å². The maximum Gasteiger partial charge on any atom is 0.409 e. The Balaban J connectivity index is 2.64. The van der Waals surface area contributed by atoms with Crippen molar-refractivity contribution in [1.82, 2.24) is 9.29 Å². The molecule has 1 aromatic heterocycles. The molecule has 2 rings (SSSR count). The van der Waals surface area contributed by atoms with Crippen LogP contribution in [0.2, 0.25) is 0 Å². The number of benzene rings is 1. The van der Waals surface area contributed by atoms with E-state index < -0.39 is 45.1 Å². The van der Waals surface area contributed by atoms with Gasteiger partial charge in [-0.15, -0.1) is 0 Å². The van der Waals surface area contributed by atoms with E-state index in [1.54, 1.807) is 6.07 Å². The van der Waals surface area contributed by atoms with Crippen LogP contribution in [0.4, 0.5) is 17.6 Å². The molecule has 1 unspecified atom stereocenters. The van der Waals surface area contributed by atoms with Crippen LogP contribution >= 0.6 is 0 Å². The van der Waals surface area contributed by atoms with Crippen LogP contribution in [0.1, 0.15) is 29.7 Å². The van der Waals surface area contributed by atoms with E-state index in [0.717, 1.165) is 36.7 Å². The van der Waals surface area contributed by atoms with Gasteiger partial charge >= 0.3 is 6.18 Å². The van der Waals surface area contributed by atoms with Gasteiger partial charge in [-0.1, -0.05) is 19.1 Å². The molecule has 27 heavy (non-hydrogen) atoms. The molecule has 1 aromatic carbocycles. The van der Waals surface area contributed by atoms with E-state index in [9.17, 15) is 26.0 Å². The Morgan fingerprint density at radius 1 is 1.26 bits per heavy atom. The number of hydrogen-bond donors (Lipinski definition) is 0. The van der Waals surface area contributed by atoms with Crippen molar-refractivity contribution in [1.29, 1.82) is 5.26 Å². The van der Waals surface area contributed by atoms with Gasteiger partial charge in [0.15, 0.2) is 0 Å². The highest BCUT2D eigenvalue weighted by Gasteiger charge is 2.48. The molecule has 0 aliphatic heterocycles. The predicted octanol–water partition coefficient (Wildman–Crippen LogP) is 3.72. The van der Waals surface area contributed by atoms with Crippen LogP contribution < -0.4 is 0 Å². The lowest BCUT2D eigenvalue weighted by molar-refractivity contribution is -0.173. The largest absolute Gasteiger partial charge is 0.409 e. The summed E-state index contributed by atoms with van der Waals surface area (Å²) in [6.07, 6.45) is -2.98. The van der Waals surface area contributed by atoms with E-state index in [1.165, 1.54) is 13.8 Å². The van der Waals surface area contributed by atoms with Gasteiger partial charge in [0, 0.05) is 18.9 Å². The molecule has 144 valence electrons. The van der Waals surface area contributed by atoms with E-state index >= 15 is 0 Å². The van der Waals surface area contributed by atoms with Gasteiger partial charge in [0.25, 0.3) is 0 Å². The first kappa shape index (κ1) is 20.8. The molecule has 0 radical (unpaired) electrons. The summed E-state index contributed by atoms with van der Waals surface area (Å²) in [7, 11) is -4.63. The quantitative estimate of drug-likeness (QED) is 0.716. The van der Waals surface area contributed by atoms with Crippen molar-refractivity contribution in [3.05, 3.63) is 59.2 Å². The second-order valence-electron chi connectivity index (χ2n) is 5.68. The molecule has 0 N–H and O–H groups in total. The van der Waals surface area contributed by atoms with E-state index in [-0.39, 0.29) is 15.4 Å². The highest BCUT2D eigenvalue weighted by molar-refractivity contribution is 7.89. The summed E-state index contributed by atoms with van der Waals surface area (Å²) in [5, 5.41) is 8.88. The Morgan fingerprint density at radius 3 is 2.44 bits per heavy atom. The van der Waals surface area contributed by atoms with E-state index in [4.69, 9.17) is 5.26 Å². The minimum absolute atomic E-state index is 0.0386. The van der Waals surface area contributed by atoms with Crippen molar-refractivity contribution in [2.75, 3.05) is 6.54 Å². The maximum absolute atomic E-state index is 13.8. The minimum Gasteiger partial charge on any atom is -0.262 e. The summed E-state index contributed by atoms with van der Waals surface area (Å²) in [5.74, 6) is -0.698. The number of sulfonamides is 1. The SMILES string of the molecule is CCN(C(c1ccc(F)c(C)c1)C(F)(F)F)S(=O)(=O)c1cncc(C#N)c1. The summed E-state index contributed by atoms with van der Waals surface area (Å²) in [6.45, 7) is 2.05. The first-order valence-electron chi connectivity index (χ1n) is 7.72. The number of alkyl halides is 3. The number of nitriles is 1. The summed E-state index contributed by atoms with van der Waals surface area (Å²) in [6, 6.07) is 2.86. The highest BCUT2D eigenvalue weighted by Crippen LogP contribution is 2.40. The molecule has 5 nitrogen and oxygen atoms in total. The standard InChI is InChI=1S/C17H15F4N3O2S/c1-3-24(27(25,26)14-7-12(8-22)9-23-10-14)16(17(19,20)21)13-4-5-15(18)11(2)6-13/h4-7,9-10,16H,3H2,1-2H3. The van der Waals surface area contributed by atoms with Gasteiger partial charge in [-0.3, -0.25) is 4.98 Å². The lowest BCUT2D eigenvalue weighted by atomic mass is 10.0. The van der Waals surface area contributed by atoms with Gasteiger partial charge in [-0.05, 0) is 30.2 Å². The zero-order valence-electron chi connectivity index (χ0n) is 14.3. The molecule has 0 saturated heterocycles. The molecule has 0 fully saturated rings. The number of aromatic nitrogens is 1. The predicted molar refractivity (Wildman–Crippen MR) is 88.5 cm³/mol. The number of nitrogens with zero attached hydrogens (tertiary/aromatic N) is 3. The van der Waals surface area contributed by atoms with Crippen LogP contribution in [-0.2, 0) is 10.0 Å². The zero-order valence-corrected chi connectivity index (χ0v) is 15.1. The Bertz CT molecular complexity index is 984. The minimum atomic E-state index is -4.95. The number of pyridine rings is 1. The third kappa shape index (κ3) is 4.26. The molecule has 10 heteroatoms. The smallest absolute Gasteiger partial charge is 0.262 e. The summed E-state index contributed by atoms with van der Waals surface area (Å²) >= 11 is 0. The third-order valence-corrected chi connectivity index (χ3v) is 5.76. The molecule has 0 bridgehead atoms. The topological polar surface area (TPSA) is 74.1 Å². The second kappa shape index (κ2) is 7.62. The summed E-state index contributed by atoms with van der Waals surface area (Å²) in [4.78, 5) is 3.07. The van der Waals surface area contributed by atoms with Crippen molar-refractivity contribution in [2.24, 2.45) is 0 Å². The van der Waals surface area contributed by atoms with Gasteiger partial charge in [0.1, 0.15) is 22.8 Å². The van der Waals surface area contributed by atoms with Crippen LogP contribution in [-0.4, -0.2) is 30.4 Å². The maximum atomic E-state index is 13.8. The molecular formula is C17H15F4N3O2S. The molecule has 0 aliphatic rings. The molecule has 1 atom stereocenters. The van der Waals surface area contributed by atoms with Gasteiger partial charge in [0.05, 0.1) is 5.56 Å². The normalized spacial score (nSPS) is 13.4. The molecule has 0 spiro atoms. The Morgan fingerprint density at radius 2 is 1.93 bits per heavy atom. The molecule has 1 heterocycles. The Hall–Kier alpha value is -2.51. The highest BCUT2D eigenvalue weighted by atomic mass is 32.2. The molecule has 0 saturated carbocycles. The van der Waals surface area contributed by atoms with Gasteiger partial charge < -0.3 is 0 Å². The summed E-state index contributed by atoms with van der Waals surface area (Å²) in [5.41, 5.74) is -0.548. The zero-order chi connectivity index (χ0) is 20.4. The number of rotatable bonds is 5. The molecule has 2 aromatic rings. The van der Waals surface area contributed by atoms with E-state index in [0.29, 0.717) is 0 Å². The fourth-order valence-corrected chi connectivity index (χ4v) is 4.20. The fourth-order valence-electron chi connectivity index (χ4n) is 2.60. The van der Waals surface area contributed by atoms with E-state index in [1.807, 2.05) is 0 Å². The van der Waals surface area contributed by atoms with Crippen molar-refractivity contribution < 1.29 is 26.0 Å². The van der Waals surface area contributed by atoms with Crippen molar-refractivity contribution in [3.63, 3.8) is 0 Å². The average Bonchev–Trinajstić information content (AvgIpc) is 2.61. The fraction of sp³-hybridized carbons (Fsp3) is 0.294. The van der Waals surface area contributed by atoms with E-state index in [2.05, 4.69) is 4.98 Å². The molecule has 0 aliphatic carbocycles. The average molecular weight is 401 g/mol. The first-order chi connectivity index (χ1) is 12.5. The van der Waals surface area contributed by atoms with Crippen molar-refractivity contribution >= 4 is 10.0 Å². The van der Waals surface area contributed by atoms with Crippen LogP contribution in [0.5, 0.6) is 0 Å². The van der Waals surface area contributed by atoms with Gasteiger partial charge in [-0.25, -0.2) is 12.8 Å². The summed E-state index contributed by atoms with van der Waals surface area (Å²) < 4.78 is 80.8. The number of halogens is 4.